The minimum Gasteiger partial charge on any atom is -0.340 e. The van der Waals surface area contributed by atoms with Gasteiger partial charge in [-0.05, 0) is 51.0 Å². The molecule has 2 fully saturated rings. The lowest BCUT2D eigenvalue weighted by molar-refractivity contribution is -0.132. The van der Waals surface area contributed by atoms with Gasteiger partial charge in [-0.3, -0.25) is 4.79 Å². The lowest BCUT2D eigenvalue weighted by atomic mass is 10.00. The zero-order chi connectivity index (χ0) is 13.7. The van der Waals surface area contributed by atoms with Crippen molar-refractivity contribution < 1.29 is 4.79 Å². The fourth-order valence-corrected chi connectivity index (χ4v) is 2.91. The first-order valence-corrected chi connectivity index (χ1v) is 8.19. The molecule has 110 valence electrons. The van der Waals surface area contributed by atoms with Gasteiger partial charge < -0.3 is 10.2 Å². The molecule has 1 saturated heterocycles. The highest BCUT2D eigenvalue weighted by atomic mass is 16.2. The lowest BCUT2D eigenvalue weighted by Crippen LogP contribution is -2.38. The van der Waals surface area contributed by atoms with Gasteiger partial charge in [0, 0.05) is 25.0 Å². The predicted octanol–water partition coefficient (Wildman–Crippen LogP) is 2.95. The van der Waals surface area contributed by atoms with Gasteiger partial charge in [0.15, 0.2) is 0 Å². The summed E-state index contributed by atoms with van der Waals surface area (Å²) in [5, 5.41) is 3.54. The van der Waals surface area contributed by atoms with E-state index in [1.54, 1.807) is 0 Å². The van der Waals surface area contributed by atoms with Crippen molar-refractivity contribution in [2.24, 2.45) is 5.92 Å². The minimum absolute atomic E-state index is 0.399. The van der Waals surface area contributed by atoms with Crippen LogP contribution < -0.4 is 5.32 Å². The molecule has 0 radical (unpaired) electrons. The van der Waals surface area contributed by atoms with Gasteiger partial charge in [-0.25, -0.2) is 0 Å². The maximum absolute atomic E-state index is 12.4. The molecule has 0 aromatic rings. The molecule has 0 bridgehead atoms. The van der Waals surface area contributed by atoms with Crippen molar-refractivity contribution in [2.75, 3.05) is 13.1 Å². The molecule has 1 atom stereocenters. The number of carbonyl (C=O) groups excluding carboxylic acids is 1. The van der Waals surface area contributed by atoms with Crippen molar-refractivity contribution in [1.82, 2.24) is 10.2 Å². The van der Waals surface area contributed by atoms with E-state index in [1.165, 1.54) is 32.1 Å². The van der Waals surface area contributed by atoms with Gasteiger partial charge in [-0.2, -0.15) is 0 Å². The van der Waals surface area contributed by atoms with E-state index in [1.807, 2.05) is 0 Å². The third-order valence-corrected chi connectivity index (χ3v) is 4.37. The van der Waals surface area contributed by atoms with Gasteiger partial charge >= 0.3 is 0 Å². The lowest BCUT2D eigenvalue weighted by Gasteiger charge is -2.26. The van der Waals surface area contributed by atoms with Crippen LogP contribution in [0.4, 0.5) is 0 Å². The molecule has 1 aliphatic heterocycles. The summed E-state index contributed by atoms with van der Waals surface area (Å²) in [4.78, 5) is 14.5. The Bertz CT molecular complexity index is 280. The minimum atomic E-state index is 0.399. The van der Waals surface area contributed by atoms with Gasteiger partial charge in [0.1, 0.15) is 0 Å². The molecule has 1 aliphatic carbocycles. The third kappa shape index (κ3) is 5.13. The van der Waals surface area contributed by atoms with Crippen molar-refractivity contribution in [3.8, 4) is 0 Å². The summed E-state index contributed by atoms with van der Waals surface area (Å²) in [6, 6.07) is 1.16. The van der Waals surface area contributed by atoms with Crippen LogP contribution in [0.5, 0.6) is 0 Å². The summed E-state index contributed by atoms with van der Waals surface area (Å²) in [6.45, 7) is 6.58. The number of rotatable bonds is 7. The molecule has 0 spiro atoms. The molecule has 0 aromatic carbocycles. The molecule has 1 heterocycles. The van der Waals surface area contributed by atoms with Crippen molar-refractivity contribution in [2.45, 2.75) is 77.3 Å². The predicted molar refractivity (Wildman–Crippen MR) is 79.1 cm³/mol. The Morgan fingerprint density at radius 1 is 1.26 bits per heavy atom. The molecule has 1 amide bonds. The summed E-state index contributed by atoms with van der Waals surface area (Å²) >= 11 is 0. The van der Waals surface area contributed by atoms with E-state index in [4.69, 9.17) is 0 Å². The van der Waals surface area contributed by atoms with E-state index in [0.717, 1.165) is 32.4 Å². The second-order valence-corrected chi connectivity index (χ2v) is 6.69. The SMILES string of the molecule is CC(C)CCN(C(=O)CCC1CCCCN1)C1CC1. The summed E-state index contributed by atoms with van der Waals surface area (Å²) in [7, 11) is 0. The number of hydrogen-bond acceptors (Lipinski definition) is 2. The van der Waals surface area contributed by atoms with Crippen molar-refractivity contribution >= 4 is 5.91 Å². The molecule has 0 aromatic heterocycles. The van der Waals surface area contributed by atoms with E-state index in [9.17, 15) is 4.79 Å². The highest BCUT2D eigenvalue weighted by molar-refractivity contribution is 5.76. The van der Waals surface area contributed by atoms with Gasteiger partial charge in [-0.1, -0.05) is 20.3 Å². The second kappa shape index (κ2) is 7.28. The maximum atomic E-state index is 12.4. The number of hydrogen-bond donors (Lipinski definition) is 1. The number of piperidine rings is 1. The molecule has 1 unspecified atom stereocenters. The van der Waals surface area contributed by atoms with Crippen LogP contribution in [-0.2, 0) is 4.79 Å². The molecule has 1 saturated carbocycles. The largest absolute Gasteiger partial charge is 0.340 e. The van der Waals surface area contributed by atoms with Crippen LogP contribution in [-0.4, -0.2) is 36.0 Å². The Morgan fingerprint density at radius 3 is 2.63 bits per heavy atom. The van der Waals surface area contributed by atoms with Crippen LogP contribution in [0.3, 0.4) is 0 Å². The van der Waals surface area contributed by atoms with Crippen LogP contribution in [0.15, 0.2) is 0 Å². The highest BCUT2D eigenvalue weighted by Gasteiger charge is 2.32. The highest BCUT2D eigenvalue weighted by Crippen LogP contribution is 2.28. The fourth-order valence-electron chi connectivity index (χ4n) is 2.91. The standard InChI is InChI=1S/C16H30N2O/c1-13(2)10-12-18(15-7-8-15)16(19)9-6-14-5-3-4-11-17-14/h13-15,17H,3-12H2,1-2H3. The molecule has 3 nitrogen and oxygen atoms in total. The fraction of sp³-hybridized carbons (Fsp3) is 0.938. The van der Waals surface area contributed by atoms with Crippen LogP contribution in [0.25, 0.3) is 0 Å². The van der Waals surface area contributed by atoms with Crippen LogP contribution in [0, 0.1) is 5.92 Å². The van der Waals surface area contributed by atoms with E-state index in [2.05, 4.69) is 24.1 Å². The topological polar surface area (TPSA) is 32.3 Å². The Kier molecular flexibility index (Phi) is 5.68. The van der Waals surface area contributed by atoms with Crippen molar-refractivity contribution in [3.63, 3.8) is 0 Å². The van der Waals surface area contributed by atoms with Gasteiger partial charge in [-0.15, -0.1) is 0 Å². The average Bonchev–Trinajstić information content (AvgIpc) is 3.22. The van der Waals surface area contributed by atoms with E-state index in [-0.39, 0.29) is 0 Å². The number of nitrogens with one attached hydrogen (secondary N) is 1. The normalized spacial score (nSPS) is 23.6. The van der Waals surface area contributed by atoms with Crippen LogP contribution in [0.1, 0.15) is 65.2 Å². The molecule has 19 heavy (non-hydrogen) atoms. The number of amides is 1. The van der Waals surface area contributed by atoms with Crippen LogP contribution >= 0.6 is 0 Å². The quantitative estimate of drug-likeness (QED) is 0.768. The summed E-state index contributed by atoms with van der Waals surface area (Å²) < 4.78 is 0. The van der Waals surface area contributed by atoms with Crippen molar-refractivity contribution in [1.29, 1.82) is 0 Å². The van der Waals surface area contributed by atoms with E-state index in [0.29, 0.717) is 23.9 Å². The molecule has 2 aliphatic rings. The Balaban J connectivity index is 1.72. The first-order valence-electron chi connectivity index (χ1n) is 8.19. The summed E-state index contributed by atoms with van der Waals surface area (Å²) in [5.74, 6) is 1.09. The van der Waals surface area contributed by atoms with E-state index < -0.39 is 0 Å². The zero-order valence-electron chi connectivity index (χ0n) is 12.7. The summed E-state index contributed by atoms with van der Waals surface area (Å²) in [6.07, 6.45) is 9.25. The molecule has 1 N–H and O–H groups in total. The Hall–Kier alpha value is -0.570. The second-order valence-electron chi connectivity index (χ2n) is 6.69. The Labute approximate surface area is 118 Å². The zero-order valence-corrected chi connectivity index (χ0v) is 12.7. The molecular formula is C16H30N2O. The van der Waals surface area contributed by atoms with Gasteiger partial charge in [0.05, 0.1) is 0 Å². The number of nitrogens with zero attached hydrogens (tertiary/aromatic N) is 1. The smallest absolute Gasteiger partial charge is 0.222 e. The van der Waals surface area contributed by atoms with Gasteiger partial charge in [0.2, 0.25) is 5.91 Å². The van der Waals surface area contributed by atoms with Gasteiger partial charge in [0.25, 0.3) is 0 Å². The first kappa shape index (κ1) is 14.8. The van der Waals surface area contributed by atoms with Crippen molar-refractivity contribution in [3.05, 3.63) is 0 Å². The maximum Gasteiger partial charge on any atom is 0.222 e. The van der Waals surface area contributed by atoms with Crippen LogP contribution in [0.2, 0.25) is 0 Å². The third-order valence-electron chi connectivity index (χ3n) is 4.37. The average molecular weight is 266 g/mol. The summed E-state index contributed by atoms with van der Waals surface area (Å²) in [5.41, 5.74) is 0. The molecule has 2 rings (SSSR count). The molecule has 3 heteroatoms. The monoisotopic (exact) mass is 266 g/mol. The van der Waals surface area contributed by atoms with E-state index >= 15 is 0 Å². The Morgan fingerprint density at radius 2 is 2.05 bits per heavy atom. The first-order chi connectivity index (χ1) is 9.16. The molecular weight excluding hydrogens is 236 g/mol. The number of carbonyl (C=O) groups is 1.